The molecule has 3 rings (SSSR count). The number of pyridine rings is 1. The Hall–Kier alpha value is -2.01. The predicted octanol–water partition coefficient (Wildman–Crippen LogP) is 3.84. The zero-order valence-electron chi connectivity index (χ0n) is 10.3. The van der Waals surface area contributed by atoms with Crippen molar-refractivity contribution >= 4 is 38.3 Å². The molecular formula is C14H11BrN4. The molecule has 4 nitrogen and oxygen atoms in total. The van der Waals surface area contributed by atoms with Gasteiger partial charge in [-0.3, -0.25) is 4.98 Å². The van der Waals surface area contributed by atoms with Gasteiger partial charge in [-0.25, -0.2) is 9.97 Å². The van der Waals surface area contributed by atoms with Crippen LogP contribution in [0.15, 0.2) is 47.2 Å². The van der Waals surface area contributed by atoms with E-state index < -0.39 is 0 Å². The summed E-state index contributed by atoms with van der Waals surface area (Å²) in [6.45, 7) is 1.86. The molecule has 0 bridgehead atoms. The van der Waals surface area contributed by atoms with Crippen LogP contribution < -0.4 is 5.32 Å². The first-order chi connectivity index (χ1) is 9.22. The van der Waals surface area contributed by atoms with Gasteiger partial charge in [0.15, 0.2) is 0 Å². The largest absolute Gasteiger partial charge is 0.340 e. The van der Waals surface area contributed by atoms with Crippen LogP contribution in [-0.4, -0.2) is 15.0 Å². The number of halogens is 1. The minimum Gasteiger partial charge on any atom is -0.340 e. The molecule has 1 N–H and O–H groups in total. The fourth-order valence-corrected chi connectivity index (χ4v) is 2.42. The molecule has 94 valence electrons. The molecule has 0 unspecified atom stereocenters. The van der Waals surface area contributed by atoms with Crippen LogP contribution >= 0.6 is 15.9 Å². The Morgan fingerprint density at radius 1 is 1.11 bits per heavy atom. The molecular weight excluding hydrogens is 304 g/mol. The van der Waals surface area contributed by atoms with Crippen molar-refractivity contribution in [3.63, 3.8) is 0 Å². The Balaban J connectivity index is 2.05. The van der Waals surface area contributed by atoms with Crippen LogP contribution in [0.2, 0.25) is 0 Å². The number of fused-ring (bicyclic) bond motifs is 1. The highest BCUT2D eigenvalue weighted by Crippen LogP contribution is 2.25. The third kappa shape index (κ3) is 2.56. The van der Waals surface area contributed by atoms with Gasteiger partial charge < -0.3 is 5.32 Å². The summed E-state index contributed by atoms with van der Waals surface area (Å²) in [6.07, 6.45) is 1.79. The molecule has 0 aliphatic rings. The standard InChI is InChI=1S/C14H11BrN4/c1-9-17-13(15)8-14(18-9)19-12-6-2-5-11-10(12)4-3-7-16-11/h2-8H,1H3,(H,17,18,19). The van der Waals surface area contributed by atoms with Crippen molar-refractivity contribution < 1.29 is 0 Å². The number of benzene rings is 1. The molecule has 0 aliphatic carbocycles. The normalized spacial score (nSPS) is 10.6. The van der Waals surface area contributed by atoms with E-state index in [1.165, 1.54) is 0 Å². The number of aromatic nitrogens is 3. The second-order valence-electron chi connectivity index (χ2n) is 4.12. The van der Waals surface area contributed by atoms with E-state index in [1.54, 1.807) is 6.20 Å². The number of hydrogen-bond donors (Lipinski definition) is 1. The minimum atomic E-state index is 0.718. The fourth-order valence-electron chi connectivity index (χ4n) is 1.95. The molecule has 19 heavy (non-hydrogen) atoms. The van der Waals surface area contributed by atoms with Gasteiger partial charge >= 0.3 is 0 Å². The highest BCUT2D eigenvalue weighted by atomic mass is 79.9. The summed E-state index contributed by atoms with van der Waals surface area (Å²) < 4.78 is 0.765. The average Bonchev–Trinajstić information content (AvgIpc) is 2.38. The molecule has 2 aromatic heterocycles. The van der Waals surface area contributed by atoms with Crippen LogP contribution in [0.3, 0.4) is 0 Å². The van der Waals surface area contributed by atoms with Crippen molar-refractivity contribution in [2.45, 2.75) is 6.92 Å². The molecule has 2 heterocycles. The van der Waals surface area contributed by atoms with E-state index in [1.807, 2.05) is 43.3 Å². The van der Waals surface area contributed by atoms with E-state index in [0.29, 0.717) is 0 Å². The van der Waals surface area contributed by atoms with Crippen LogP contribution in [0, 0.1) is 6.92 Å². The van der Waals surface area contributed by atoms with E-state index in [4.69, 9.17) is 0 Å². The molecule has 5 heteroatoms. The van der Waals surface area contributed by atoms with Gasteiger partial charge in [0.25, 0.3) is 0 Å². The number of nitrogens with one attached hydrogen (secondary N) is 1. The van der Waals surface area contributed by atoms with Crippen LogP contribution in [0.25, 0.3) is 10.9 Å². The summed E-state index contributed by atoms with van der Waals surface area (Å²) in [5.41, 5.74) is 1.94. The SMILES string of the molecule is Cc1nc(Br)cc(Nc2cccc3ncccc23)n1. The first-order valence-electron chi connectivity index (χ1n) is 5.84. The van der Waals surface area contributed by atoms with Crippen molar-refractivity contribution in [1.82, 2.24) is 15.0 Å². The van der Waals surface area contributed by atoms with Crippen LogP contribution in [0.1, 0.15) is 5.82 Å². The maximum atomic E-state index is 4.36. The van der Waals surface area contributed by atoms with Crippen molar-refractivity contribution in [3.8, 4) is 0 Å². The maximum absolute atomic E-state index is 4.36. The van der Waals surface area contributed by atoms with Crippen molar-refractivity contribution in [1.29, 1.82) is 0 Å². The fraction of sp³-hybridized carbons (Fsp3) is 0.0714. The maximum Gasteiger partial charge on any atom is 0.135 e. The Bertz CT molecular complexity index is 717. The summed E-state index contributed by atoms with van der Waals surface area (Å²) in [5.74, 6) is 1.48. The first-order valence-corrected chi connectivity index (χ1v) is 6.63. The number of anilines is 2. The highest BCUT2D eigenvalue weighted by Gasteiger charge is 2.04. The van der Waals surface area contributed by atoms with Crippen molar-refractivity contribution in [2.75, 3.05) is 5.32 Å². The number of nitrogens with zero attached hydrogens (tertiary/aromatic N) is 3. The predicted molar refractivity (Wildman–Crippen MR) is 79.5 cm³/mol. The van der Waals surface area contributed by atoms with Gasteiger partial charge in [0.05, 0.1) is 5.52 Å². The Morgan fingerprint density at radius 3 is 2.84 bits per heavy atom. The Morgan fingerprint density at radius 2 is 2.00 bits per heavy atom. The summed E-state index contributed by atoms with van der Waals surface area (Å²) in [6, 6.07) is 11.8. The molecule has 0 atom stereocenters. The second-order valence-corrected chi connectivity index (χ2v) is 4.94. The quantitative estimate of drug-likeness (QED) is 0.730. The number of aryl methyl sites for hydroxylation is 1. The van der Waals surface area contributed by atoms with Crippen molar-refractivity contribution in [3.05, 3.63) is 53.0 Å². The number of rotatable bonds is 2. The summed E-state index contributed by atoms with van der Waals surface area (Å²) in [4.78, 5) is 12.9. The lowest BCUT2D eigenvalue weighted by Gasteiger charge is -2.09. The Labute approximate surface area is 119 Å². The summed E-state index contributed by atoms with van der Waals surface area (Å²) in [5, 5.41) is 4.37. The van der Waals surface area contributed by atoms with E-state index >= 15 is 0 Å². The van der Waals surface area contributed by atoms with Gasteiger partial charge in [0, 0.05) is 23.3 Å². The first kappa shape index (κ1) is 12.0. The zero-order valence-corrected chi connectivity index (χ0v) is 11.8. The third-order valence-electron chi connectivity index (χ3n) is 2.72. The Kier molecular flexibility index (Phi) is 3.13. The van der Waals surface area contributed by atoms with Gasteiger partial charge in [-0.1, -0.05) is 6.07 Å². The van der Waals surface area contributed by atoms with Crippen molar-refractivity contribution in [2.24, 2.45) is 0 Å². The zero-order chi connectivity index (χ0) is 13.2. The lowest BCUT2D eigenvalue weighted by atomic mass is 10.2. The lowest BCUT2D eigenvalue weighted by molar-refractivity contribution is 1.04. The molecule has 0 saturated heterocycles. The lowest BCUT2D eigenvalue weighted by Crippen LogP contribution is -1.98. The molecule has 3 aromatic rings. The van der Waals surface area contributed by atoms with Crippen LogP contribution in [0.4, 0.5) is 11.5 Å². The molecule has 1 aromatic carbocycles. The van der Waals surface area contributed by atoms with Crippen LogP contribution in [0.5, 0.6) is 0 Å². The molecule has 0 radical (unpaired) electrons. The second kappa shape index (κ2) is 4.93. The molecule has 0 spiro atoms. The van der Waals surface area contributed by atoms with Gasteiger partial charge in [0.2, 0.25) is 0 Å². The summed E-state index contributed by atoms with van der Waals surface area (Å²) in [7, 11) is 0. The monoisotopic (exact) mass is 314 g/mol. The van der Waals surface area contributed by atoms with E-state index in [2.05, 4.69) is 36.2 Å². The van der Waals surface area contributed by atoms with Gasteiger partial charge in [-0.15, -0.1) is 0 Å². The molecule has 0 saturated carbocycles. The van der Waals surface area contributed by atoms with E-state index in [9.17, 15) is 0 Å². The van der Waals surface area contributed by atoms with Gasteiger partial charge in [0.1, 0.15) is 16.2 Å². The number of hydrogen-bond acceptors (Lipinski definition) is 4. The van der Waals surface area contributed by atoms with E-state index in [-0.39, 0.29) is 0 Å². The average molecular weight is 315 g/mol. The topological polar surface area (TPSA) is 50.7 Å². The highest BCUT2D eigenvalue weighted by molar-refractivity contribution is 9.10. The minimum absolute atomic E-state index is 0.718. The van der Waals surface area contributed by atoms with Gasteiger partial charge in [-0.05, 0) is 47.1 Å². The summed E-state index contributed by atoms with van der Waals surface area (Å²) >= 11 is 3.37. The molecule has 0 fully saturated rings. The molecule has 0 amide bonds. The van der Waals surface area contributed by atoms with Crippen LogP contribution in [-0.2, 0) is 0 Å². The van der Waals surface area contributed by atoms with Gasteiger partial charge in [-0.2, -0.15) is 0 Å². The smallest absolute Gasteiger partial charge is 0.135 e. The third-order valence-corrected chi connectivity index (χ3v) is 3.12. The van der Waals surface area contributed by atoms with E-state index in [0.717, 1.165) is 32.8 Å². The molecule has 0 aliphatic heterocycles.